The molecule has 1 atom stereocenters. The Morgan fingerprint density at radius 1 is 0.921 bits per heavy atom. The van der Waals surface area contributed by atoms with Gasteiger partial charge in [-0.3, -0.25) is 9.59 Å². The number of benzene rings is 3. The van der Waals surface area contributed by atoms with Gasteiger partial charge in [-0.05, 0) is 84.7 Å². The third-order valence-corrected chi connectivity index (χ3v) is 7.44. The van der Waals surface area contributed by atoms with Crippen molar-refractivity contribution in [3.63, 3.8) is 0 Å². The molecule has 0 bridgehead atoms. The molecular formula is C31H30FNO5. The number of rotatable bonds is 7. The standard InChI is InChI=1S/C31H30FNO5/c1-37-25-14-11-22(18-26(25)38-2)28-27(29(34)23-10-9-20-5-3-4-6-21(20)17-23)30(35)31(36)33(28)16-15-19-7-12-24(32)13-8-19/h7-14,17-18,28,34H,3-6,15-16H2,1-2H3/b29-27+. The smallest absolute Gasteiger partial charge is 0.295 e. The van der Waals surface area contributed by atoms with E-state index in [1.807, 2.05) is 18.2 Å². The monoisotopic (exact) mass is 515 g/mol. The van der Waals surface area contributed by atoms with Crippen LogP contribution in [0, 0.1) is 5.82 Å². The largest absolute Gasteiger partial charge is 0.507 e. The first-order valence-electron chi connectivity index (χ1n) is 12.8. The van der Waals surface area contributed by atoms with Crippen LogP contribution in [0.4, 0.5) is 4.39 Å². The SMILES string of the molecule is COc1ccc(C2/C(=C(\O)c3ccc4c(c3)CCCC4)C(=O)C(=O)N2CCc2ccc(F)cc2)cc1OC. The fourth-order valence-corrected chi connectivity index (χ4v) is 5.42. The Morgan fingerprint density at radius 2 is 1.63 bits per heavy atom. The van der Waals surface area contributed by atoms with Gasteiger partial charge < -0.3 is 19.5 Å². The molecule has 5 rings (SSSR count). The van der Waals surface area contributed by atoms with E-state index in [0.29, 0.717) is 29.0 Å². The molecule has 1 heterocycles. The van der Waals surface area contributed by atoms with Crippen LogP contribution in [0.3, 0.4) is 0 Å². The maximum atomic E-state index is 13.4. The number of fused-ring (bicyclic) bond motifs is 1. The molecule has 1 amide bonds. The predicted molar refractivity (Wildman–Crippen MR) is 142 cm³/mol. The zero-order valence-electron chi connectivity index (χ0n) is 21.5. The number of likely N-dealkylation sites (tertiary alicyclic amines) is 1. The number of carbonyl (C=O) groups excluding carboxylic acids is 2. The molecule has 3 aromatic rings. The second-order valence-electron chi connectivity index (χ2n) is 9.67. The summed E-state index contributed by atoms with van der Waals surface area (Å²) in [6.07, 6.45) is 4.54. The van der Waals surface area contributed by atoms with Crippen LogP contribution in [0.5, 0.6) is 11.5 Å². The highest BCUT2D eigenvalue weighted by atomic mass is 19.1. The van der Waals surface area contributed by atoms with Gasteiger partial charge in [0.2, 0.25) is 0 Å². The highest BCUT2D eigenvalue weighted by Gasteiger charge is 2.46. The van der Waals surface area contributed by atoms with Crippen molar-refractivity contribution in [3.8, 4) is 11.5 Å². The summed E-state index contributed by atoms with van der Waals surface area (Å²) >= 11 is 0. The predicted octanol–water partition coefficient (Wildman–Crippen LogP) is 5.39. The van der Waals surface area contributed by atoms with E-state index in [0.717, 1.165) is 36.8 Å². The van der Waals surface area contributed by atoms with Gasteiger partial charge in [-0.25, -0.2) is 4.39 Å². The second kappa shape index (κ2) is 10.7. The first-order valence-corrected chi connectivity index (χ1v) is 12.8. The molecule has 1 unspecified atom stereocenters. The number of carbonyl (C=O) groups is 2. The molecule has 0 spiro atoms. The molecule has 38 heavy (non-hydrogen) atoms. The number of aliphatic hydroxyl groups excluding tert-OH is 1. The van der Waals surface area contributed by atoms with Crippen molar-refractivity contribution in [1.29, 1.82) is 0 Å². The van der Waals surface area contributed by atoms with Crippen LogP contribution < -0.4 is 9.47 Å². The van der Waals surface area contributed by atoms with Gasteiger partial charge in [0.15, 0.2) is 11.5 Å². The molecule has 1 saturated heterocycles. The third-order valence-electron chi connectivity index (χ3n) is 7.44. The Morgan fingerprint density at radius 3 is 2.34 bits per heavy atom. The van der Waals surface area contributed by atoms with Crippen molar-refractivity contribution >= 4 is 17.4 Å². The lowest BCUT2D eigenvalue weighted by atomic mass is 9.88. The third kappa shape index (κ3) is 4.76. The number of nitrogens with zero attached hydrogens (tertiary/aromatic N) is 1. The van der Waals surface area contributed by atoms with Crippen molar-refractivity contribution in [2.24, 2.45) is 0 Å². The van der Waals surface area contributed by atoms with Gasteiger partial charge in [0.1, 0.15) is 11.6 Å². The van der Waals surface area contributed by atoms with E-state index < -0.39 is 17.7 Å². The summed E-state index contributed by atoms with van der Waals surface area (Å²) in [7, 11) is 3.04. The normalized spacial score (nSPS) is 18.4. The molecule has 1 aliphatic carbocycles. The number of amides is 1. The van der Waals surface area contributed by atoms with E-state index in [1.165, 1.54) is 36.8 Å². The lowest BCUT2D eigenvalue weighted by molar-refractivity contribution is -0.139. The summed E-state index contributed by atoms with van der Waals surface area (Å²) < 4.78 is 24.3. The van der Waals surface area contributed by atoms with Crippen molar-refractivity contribution in [2.45, 2.75) is 38.1 Å². The molecule has 7 heteroatoms. The number of Topliss-reactive ketones (excluding diaryl/α,β-unsaturated/α-hetero) is 1. The molecule has 1 N–H and O–H groups in total. The van der Waals surface area contributed by atoms with Gasteiger partial charge in [-0.15, -0.1) is 0 Å². The maximum Gasteiger partial charge on any atom is 0.295 e. The lowest BCUT2D eigenvalue weighted by Crippen LogP contribution is -2.31. The lowest BCUT2D eigenvalue weighted by Gasteiger charge is -2.26. The fourth-order valence-electron chi connectivity index (χ4n) is 5.42. The van der Waals surface area contributed by atoms with Crippen molar-refractivity contribution in [1.82, 2.24) is 4.90 Å². The van der Waals surface area contributed by atoms with Crippen molar-refractivity contribution in [3.05, 3.63) is 99.9 Å². The highest BCUT2D eigenvalue weighted by Crippen LogP contribution is 2.42. The summed E-state index contributed by atoms with van der Waals surface area (Å²) in [5.41, 5.74) is 4.41. The molecule has 2 aliphatic rings. The topological polar surface area (TPSA) is 76.1 Å². The van der Waals surface area contributed by atoms with Gasteiger partial charge in [0.25, 0.3) is 11.7 Å². The van der Waals surface area contributed by atoms with Crippen LogP contribution in [0.2, 0.25) is 0 Å². The first kappa shape index (κ1) is 25.5. The van der Waals surface area contributed by atoms with Gasteiger partial charge in [0.05, 0.1) is 25.8 Å². The van der Waals surface area contributed by atoms with Gasteiger partial charge >= 0.3 is 0 Å². The van der Waals surface area contributed by atoms with Crippen molar-refractivity contribution < 1.29 is 28.6 Å². The summed E-state index contributed by atoms with van der Waals surface area (Å²) in [5.74, 6) is -1.01. The minimum Gasteiger partial charge on any atom is -0.507 e. The summed E-state index contributed by atoms with van der Waals surface area (Å²) in [6, 6.07) is 16.2. The van der Waals surface area contributed by atoms with Crippen LogP contribution in [0.25, 0.3) is 5.76 Å². The van der Waals surface area contributed by atoms with E-state index in [2.05, 4.69) is 0 Å². The Labute approximate surface area is 221 Å². The molecule has 0 radical (unpaired) electrons. The van der Waals surface area contributed by atoms with Gasteiger partial charge in [-0.1, -0.05) is 30.3 Å². The van der Waals surface area contributed by atoms with E-state index in [9.17, 15) is 19.1 Å². The number of hydrogen-bond acceptors (Lipinski definition) is 5. The number of halogens is 1. The van der Waals surface area contributed by atoms with Crippen molar-refractivity contribution in [2.75, 3.05) is 20.8 Å². The van der Waals surface area contributed by atoms with Crippen LogP contribution in [0.1, 0.15) is 46.7 Å². The van der Waals surface area contributed by atoms with Crippen LogP contribution in [0.15, 0.2) is 66.2 Å². The highest BCUT2D eigenvalue weighted by molar-refractivity contribution is 6.46. The zero-order valence-corrected chi connectivity index (χ0v) is 21.5. The van der Waals surface area contributed by atoms with Gasteiger partial charge in [0, 0.05) is 12.1 Å². The van der Waals surface area contributed by atoms with Crippen LogP contribution in [-0.4, -0.2) is 42.5 Å². The first-order chi connectivity index (χ1) is 18.4. The Kier molecular flexibility index (Phi) is 7.18. The van der Waals surface area contributed by atoms with E-state index in [1.54, 1.807) is 30.3 Å². The molecule has 1 aliphatic heterocycles. The number of methoxy groups -OCH3 is 2. The number of hydrogen-bond donors (Lipinski definition) is 1. The molecule has 0 aromatic heterocycles. The summed E-state index contributed by atoms with van der Waals surface area (Å²) in [5, 5.41) is 11.5. The van der Waals surface area contributed by atoms with Crippen LogP contribution >= 0.6 is 0 Å². The second-order valence-corrected chi connectivity index (χ2v) is 9.67. The Bertz CT molecular complexity index is 1410. The average Bonchev–Trinajstić information content (AvgIpc) is 3.20. The number of aryl methyl sites for hydroxylation is 2. The van der Waals surface area contributed by atoms with Gasteiger partial charge in [-0.2, -0.15) is 0 Å². The minimum atomic E-state index is -0.828. The van der Waals surface area contributed by atoms with E-state index >= 15 is 0 Å². The number of ether oxygens (including phenoxy) is 2. The molecule has 196 valence electrons. The Hall–Kier alpha value is -4.13. The molecular weight excluding hydrogens is 485 g/mol. The quantitative estimate of drug-likeness (QED) is 0.260. The van der Waals surface area contributed by atoms with E-state index in [-0.39, 0.29) is 23.7 Å². The zero-order chi connectivity index (χ0) is 26.8. The van der Waals surface area contributed by atoms with E-state index in [4.69, 9.17) is 9.47 Å². The fraction of sp³-hybridized carbons (Fsp3) is 0.290. The number of ketones is 1. The molecule has 6 nitrogen and oxygen atoms in total. The number of aliphatic hydroxyl groups is 1. The van der Waals surface area contributed by atoms with Crippen LogP contribution in [-0.2, 0) is 28.9 Å². The summed E-state index contributed by atoms with van der Waals surface area (Å²) in [6.45, 7) is 0.205. The molecule has 0 saturated carbocycles. The summed E-state index contributed by atoms with van der Waals surface area (Å²) in [4.78, 5) is 28.2. The maximum absolute atomic E-state index is 13.4. The minimum absolute atomic E-state index is 0.0390. The molecule has 3 aromatic carbocycles. The Balaban J connectivity index is 1.59. The molecule has 1 fully saturated rings. The average molecular weight is 516 g/mol.